The van der Waals surface area contributed by atoms with Gasteiger partial charge in [-0.1, -0.05) is 0 Å². The number of hydrogen-bond donors (Lipinski definition) is 1. The maximum absolute atomic E-state index is 11.8. The summed E-state index contributed by atoms with van der Waals surface area (Å²) in [6.07, 6.45) is 1.80. The van der Waals surface area contributed by atoms with Crippen LogP contribution in [0.5, 0.6) is 0 Å². The molecule has 26 heavy (non-hydrogen) atoms. The number of likely N-dealkylation sites (tertiary alicyclic amines) is 1. The highest BCUT2D eigenvalue weighted by Gasteiger charge is 2.25. The molecule has 1 atom stereocenters. The zero-order valence-electron chi connectivity index (χ0n) is 16.7. The highest BCUT2D eigenvalue weighted by Crippen LogP contribution is 2.16. The first-order chi connectivity index (χ1) is 12.4. The molecule has 0 amide bonds. The first kappa shape index (κ1) is 23.1. The molecule has 1 fully saturated rings. The van der Waals surface area contributed by atoms with E-state index in [1.165, 1.54) is 4.31 Å². The molecule has 0 aromatic rings. The van der Waals surface area contributed by atoms with Crippen molar-refractivity contribution in [2.24, 2.45) is 10.9 Å². The van der Waals surface area contributed by atoms with E-state index in [9.17, 15) is 8.42 Å². The Morgan fingerprint density at radius 1 is 1.35 bits per heavy atom. The van der Waals surface area contributed by atoms with E-state index < -0.39 is 10.0 Å². The Bertz CT molecular complexity index is 513. The van der Waals surface area contributed by atoms with Gasteiger partial charge in [0.25, 0.3) is 0 Å². The summed E-state index contributed by atoms with van der Waals surface area (Å²) in [6.45, 7) is 9.55. The maximum atomic E-state index is 11.8. The third-order valence-electron chi connectivity index (χ3n) is 4.44. The number of ether oxygens (including phenoxy) is 2. The minimum atomic E-state index is -3.11. The minimum Gasteiger partial charge on any atom is -0.382 e. The predicted molar refractivity (Wildman–Crippen MR) is 105 cm³/mol. The molecule has 1 heterocycles. The normalized spacial score (nSPS) is 18.7. The fourth-order valence-electron chi connectivity index (χ4n) is 2.82. The first-order valence-electron chi connectivity index (χ1n) is 9.48. The number of guanidine groups is 1. The molecular formula is C17H36N4O4S. The number of nitrogens with zero attached hydrogens (tertiary/aromatic N) is 3. The van der Waals surface area contributed by atoms with E-state index in [1.54, 1.807) is 21.1 Å². The van der Waals surface area contributed by atoms with Gasteiger partial charge in [-0.25, -0.2) is 12.7 Å². The van der Waals surface area contributed by atoms with Crippen LogP contribution < -0.4 is 5.32 Å². The van der Waals surface area contributed by atoms with Crippen molar-refractivity contribution in [2.45, 2.75) is 26.7 Å². The van der Waals surface area contributed by atoms with Crippen LogP contribution in [-0.2, 0) is 19.5 Å². The highest BCUT2D eigenvalue weighted by atomic mass is 32.2. The number of methoxy groups -OCH3 is 1. The molecule has 0 aromatic heterocycles. The SMILES string of the molecule is CCNC(=NCCCN(C)S(=O)(=O)CC)N1CCC(COCCOC)C1. The molecular weight excluding hydrogens is 356 g/mol. The lowest BCUT2D eigenvalue weighted by molar-refractivity contribution is 0.0536. The van der Waals surface area contributed by atoms with Crippen LogP contribution in [0, 0.1) is 5.92 Å². The number of hydrogen-bond acceptors (Lipinski definition) is 5. The van der Waals surface area contributed by atoms with Crippen molar-refractivity contribution in [1.82, 2.24) is 14.5 Å². The molecule has 8 nitrogen and oxygen atoms in total. The summed E-state index contributed by atoms with van der Waals surface area (Å²) in [5, 5.41) is 3.33. The molecule has 0 aliphatic carbocycles. The Morgan fingerprint density at radius 2 is 2.12 bits per heavy atom. The molecule has 0 saturated carbocycles. The van der Waals surface area contributed by atoms with E-state index in [-0.39, 0.29) is 5.75 Å². The Hall–Kier alpha value is -0.900. The van der Waals surface area contributed by atoms with Gasteiger partial charge in [-0.15, -0.1) is 0 Å². The Morgan fingerprint density at radius 3 is 2.77 bits per heavy atom. The molecule has 1 aliphatic rings. The standard InChI is InChI=1S/C17H36N4O4S/c1-5-18-17(19-9-7-10-20(3)26(22,23)6-2)21-11-8-16(14-21)15-25-13-12-24-4/h16H,5-15H2,1-4H3,(H,18,19). The largest absolute Gasteiger partial charge is 0.382 e. The van der Waals surface area contributed by atoms with Crippen LogP contribution in [0.3, 0.4) is 0 Å². The second kappa shape index (κ2) is 12.5. The number of sulfonamides is 1. The Balaban J connectivity index is 2.41. The van der Waals surface area contributed by atoms with Gasteiger partial charge in [-0.3, -0.25) is 4.99 Å². The average Bonchev–Trinajstić information content (AvgIpc) is 3.09. The Labute approximate surface area is 159 Å². The van der Waals surface area contributed by atoms with E-state index in [2.05, 4.69) is 22.1 Å². The van der Waals surface area contributed by atoms with E-state index >= 15 is 0 Å². The number of rotatable bonds is 12. The van der Waals surface area contributed by atoms with E-state index in [1.807, 2.05) is 0 Å². The first-order valence-corrected chi connectivity index (χ1v) is 11.1. The van der Waals surface area contributed by atoms with Crippen molar-refractivity contribution in [2.75, 3.05) is 72.5 Å². The summed E-state index contributed by atoms with van der Waals surface area (Å²) < 4.78 is 35.6. The van der Waals surface area contributed by atoms with Gasteiger partial charge in [0, 0.05) is 52.8 Å². The lowest BCUT2D eigenvalue weighted by Gasteiger charge is -2.22. The van der Waals surface area contributed by atoms with E-state index in [4.69, 9.17) is 9.47 Å². The molecule has 1 unspecified atom stereocenters. The van der Waals surface area contributed by atoms with Crippen molar-refractivity contribution < 1.29 is 17.9 Å². The van der Waals surface area contributed by atoms with E-state index in [0.717, 1.165) is 38.6 Å². The summed E-state index contributed by atoms with van der Waals surface area (Å²) in [6, 6.07) is 0. The minimum absolute atomic E-state index is 0.136. The van der Waals surface area contributed by atoms with Gasteiger partial charge in [-0.2, -0.15) is 0 Å². The summed E-state index contributed by atoms with van der Waals surface area (Å²) in [7, 11) is 0.194. The zero-order chi connectivity index (χ0) is 19.4. The van der Waals surface area contributed by atoms with Gasteiger partial charge >= 0.3 is 0 Å². The summed E-state index contributed by atoms with van der Waals surface area (Å²) >= 11 is 0. The molecule has 154 valence electrons. The summed E-state index contributed by atoms with van der Waals surface area (Å²) in [4.78, 5) is 6.93. The lowest BCUT2D eigenvalue weighted by Crippen LogP contribution is -2.40. The number of aliphatic imine (C=N–C) groups is 1. The van der Waals surface area contributed by atoms with Gasteiger partial charge in [0.1, 0.15) is 0 Å². The Kier molecular flexibility index (Phi) is 11.1. The highest BCUT2D eigenvalue weighted by molar-refractivity contribution is 7.89. The smallest absolute Gasteiger partial charge is 0.213 e. The topological polar surface area (TPSA) is 83.5 Å². The fraction of sp³-hybridized carbons (Fsp3) is 0.941. The van der Waals surface area contributed by atoms with Crippen molar-refractivity contribution in [3.05, 3.63) is 0 Å². The van der Waals surface area contributed by atoms with Crippen LogP contribution in [0.2, 0.25) is 0 Å². The van der Waals surface area contributed by atoms with Crippen molar-refractivity contribution in [3.8, 4) is 0 Å². The molecule has 0 spiro atoms. The lowest BCUT2D eigenvalue weighted by atomic mass is 10.1. The monoisotopic (exact) mass is 392 g/mol. The van der Waals surface area contributed by atoms with Gasteiger partial charge in [0.05, 0.1) is 25.6 Å². The van der Waals surface area contributed by atoms with Crippen LogP contribution in [0.15, 0.2) is 4.99 Å². The van der Waals surface area contributed by atoms with Gasteiger partial charge in [0.2, 0.25) is 10.0 Å². The van der Waals surface area contributed by atoms with E-state index in [0.29, 0.717) is 38.6 Å². The molecule has 1 saturated heterocycles. The third kappa shape index (κ3) is 8.20. The molecule has 0 aromatic carbocycles. The van der Waals surface area contributed by atoms with Gasteiger partial charge in [-0.05, 0) is 26.7 Å². The van der Waals surface area contributed by atoms with Crippen LogP contribution >= 0.6 is 0 Å². The molecule has 0 bridgehead atoms. The van der Waals surface area contributed by atoms with Gasteiger partial charge < -0.3 is 19.7 Å². The maximum Gasteiger partial charge on any atom is 0.213 e. The molecule has 0 radical (unpaired) electrons. The van der Waals surface area contributed by atoms with Crippen molar-refractivity contribution in [1.29, 1.82) is 0 Å². The van der Waals surface area contributed by atoms with Crippen LogP contribution in [-0.4, -0.2) is 96.0 Å². The third-order valence-corrected chi connectivity index (χ3v) is 6.30. The van der Waals surface area contributed by atoms with Gasteiger partial charge in [0.15, 0.2) is 5.96 Å². The zero-order valence-corrected chi connectivity index (χ0v) is 17.6. The quantitative estimate of drug-likeness (QED) is 0.298. The summed E-state index contributed by atoms with van der Waals surface area (Å²) in [5.74, 6) is 1.56. The average molecular weight is 393 g/mol. The van der Waals surface area contributed by atoms with Crippen LogP contribution in [0.1, 0.15) is 26.7 Å². The molecule has 1 rings (SSSR count). The van der Waals surface area contributed by atoms with Crippen LogP contribution in [0.4, 0.5) is 0 Å². The fourth-order valence-corrected chi connectivity index (χ4v) is 3.66. The second-order valence-corrected chi connectivity index (χ2v) is 8.84. The van der Waals surface area contributed by atoms with Crippen LogP contribution in [0.25, 0.3) is 0 Å². The van der Waals surface area contributed by atoms with Crippen molar-refractivity contribution >= 4 is 16.0 Å². The van der Waals surface area contributed by atoms with Crippen molar-refractivity contribution in [3.63, 3.8) is 0 Å². The summed E-state index contributed by atoms with van der Waals surface area (Å²) in [5.41, 5.74) is 0. The number of nitrogens with one attached hydrogen (secondary N) is 1. The molecule has 1 N–H and O–H groups in total. The second-order valence-electron chi connectivity index (χ2n) is 6.48. The molecule has 1 aliphatic heterocycles. The molecule has 9 heteroatoms. The predicted octanol–water partition coefficient (Wildman–Crippen LogP) is 0.608.